The van der Waals surface area contributed by atoms with E-state index in [0.29, 0.717) is 6.04 Å². The van der Waals surface area contributed by atoms with E-state index in [4.69, 9.17) is 4.74 Å². The number of methoxy groups -OCH3 is 1. The van der Waals surface area contributed by atoms with Gasteiger partial charge in [-0.15, -0.1) is 12.4 Å². The summed E-state index contributed by atoms with van der Waals surface area (Å²) in [5, 5.41) is 9.53. The van der Waals surface area contributed by atoms with E-state index < -0.39 is 0 Å². The first-order valence-corrected chi connectivity index (χ1v) is 6.40. The average molecular weight is 279 g/mol. The molecule has 0 radical (unpaired) electrons. The summed E-state index contributed by atoms with van der Waals surface area (Å²) in [4.78, 5) is 0. The summed E-state index contributed by atoms with van der Waals surface area (Å²) < 4.78 is 5.54. The molecule has 102 valence electrons. The van der Waals surface area contributed by atoms with Crippen molar-refractivity contribution in [2.75, 3.05) is 26.7 Å². The molecule has 2 N–H and O–H groups in total. The molecule has 0 aromatic heterocycles. The molecule has 0 saturated carbocycles. The zero-order chi connectivity index (χ0) is 12.4. The highest BCUT2D eigenvalue weighted by atomic mass is 35.5. The number of ether oxygens (including phenoxy) is 1. The highest BCUT2D eigenvalue weighted by molar-refractivity contribution is 5.88. The molecule has 1 heterocycles. The summed E-state index contributed by atoms with van der Waals surface area (Å²) >= 11 is 0. The van der Waals surface area contributed by atoms with Crippen molar-refractivity contribution in [2.24, 2.45) is 0 Å². The Balaban J connectivity index is 0.00000133. The summed E-state index contributed by atoms with van der Waals surface area (Å²) in [5.41, 5.74) is 1.27. The summed E-state index contributed by atoms with van der Waals surface area (Å²) in [6.07, 6.45) is 0. The van der Waals surface area contributed by atoms with Crippen LogP contribution in [0, 0.1) is 0 Å². The van der Waals surface area contributed by atoms with E-state index >= 15 is 0 Å². The van der Waals surface area contributed by atoms with Gasteiger partial charge >= 0.3 is 0 Å². The maximum absolute atomic E-state index is 5.54. The zero-order valence-corrected chi connectivity index (χ0v) is 11.8. The molecule has 1 atom stereocenters. The van der Waals surface area contributed by atoms with Crippen molar-refractivity contribution in [1.29, 1.82) is 0 Å². The van der Waals surface area contributed by atoms with Gasteiger partial charge in [0.2, 0.25) is 0 Å². The Hall–Kier alpha value is -1.29. The third-order valence-electron chi connectivity index (χ3n) is 3.54. The van der Waals surface area contributed by atoms with Crippen LogP contribution in [0.3, 0.4) is 0 Å². The molecule has 0 aliphatic carbocycles. The normalized spacial score (nSPS) is 18.9. The van der Waals surface area contributed by atoms with E-state index in [0.717, 1.165) is 25.4 Å². The molecule has 1 fully saturated rings. The lowest BCUT2D eigenvalue weighted by molar-refractivity contribution is 0.384. The first-order valence-electron chi connectivity index (χ1n) is 6.40. The fourth-order valence-corrected chi connectivity index (χ4v) is 2.67. The molecule has 1 aliphatic heterocycles. The molecule has 1 saturated heterocycles. The van der Waals surface area contributed by atoms with Crippen molar-refractivity contribution in [3.05, 3.63) is 42.0 Å². The second-order valence-corrected chi connectivity index (χ2v) is 4.61. The molecule has 2 aromatic carbocycles. The van der Waals surface area contributed by atoms with Crippen molar-refractivity contribution in [3.63, 3.8) is 0 Å². The predicted octanol–water partition coefficient (Wildman–Crippen LogP) is 2.50. The van der Waals surface area contributed by atoms with Crippen LogP contribution in [0.1, 0.15) is 11.6 Å². The molecule has 1 aliphatic rings. The molecular formula is C15H19ClN2O. The number of hydrogen-bond donors (Lipinski definition) is 2. The fraction of sp³-hybridized carbons (Fsp3) is 0.333. The minimum absolute atomic E-state index is 0. The van der Waals surface area contributed by atoms with Crippen molar-refractivity contribution in [2.45, 2.75) is 6.04 Å². The van der Waals surface area contributed by atoms with E-state index in [9.17, 15) is 0 Å². The monoisotopic (exact) mass is 278 g/mol. The standard InChI is InChI=1S/C15H18N2O.ClH/c1-18-14-7-6-11-4-2-3-5-12(11)15(14)13-10-16-8-9-17-13;/h2-7,13,16-17H,8-10H2,1H3;1H/t13-;/m1./s1. The van der Waals surface area contributed by atoms with Gasteiger partial charge in [-0.2, -0.15) is 0 Å². The maximum Gasteiger partial charge on any atom is 0.124 e. The molecule has 0 bridgehead atoms. The van der Waals surface area contributed by atoms with Gasteiger partial charge in [-0.25, -0.2) is 0 Å². The fourth-order valence-electron chi connectivity index (χ4n) is 2.67. The molecule has 3 nitrogen and oxygen atoms in total. The van der Waals surface area contributed by atoms with Crippen LogP contribution >= 0.6 is 12.4 Å². The Morgan fingerprint density at radius 1 is 1.11 bits per heavy atom. The number of piperazine rings is 1. The van der Waals surface area contributed by atoms with Crippen molar-refractivity contribution in [3.8, 4) is 5.75 Å². The second kappa shape index (κ2) is 6.24. The van der Waals surface area contributed by atoms with Crippen molar-refractivity contribution < 1.29 is 4.74 Å². The van der Waals surface area contributed by atoms with E-state index in [-0.39, 0.29) is 12.4 Å². The lowest BCUT2D eigenvalue weighted by Crippen LogP contribution is -2.42. The molecule has 2 aromatic rings. The Bertz CT molecular complexity index is 553. The first kappa shape index (κ1) is 14.1. The quantitative estimate of drug-likeness (QED) is 0.886. The van der Waals surface area contributed by atoms with Gasteiger partial charge in [-0.1, -0.05) is 30.3 Å². The molecule has 19 heavy (non-hydrogen) atoms. The number of benzene rings is 2. The minimum Gasteiger partial charge on any atom is -0.496 e. The van der Waals surface area contributed by atoms with Gasteiger partial charge in [0.25, 0.3) is 0 Å². The first-order chi connectivity index (χ1) is 8.90. The smallest absolute Gasteiger partial charge is 0.124 e. The summed E-state index contributed by atoms with van der Waals surface area (Å²) in [7, 11) is 1.74. The highest BCUT2D eigenvalue weighted by Gasteiger charge is 2.20. The minimum atomic E-state index is 0. The van der Waals surface area contributed by atoms with Crippen LogP contribution in [-0.2, 0) is 0 Å². The third kappa shape index (κ3) is 2.68. The molecule has 3 rings (SSSR count). The van der Waals surface area contributed by atoms with Crippen LogP contribution < -0.4 is 15.4 Å². The lowest BCUT2D eigenvalue weighted by atomic mass is 9.96. The van der Waals surface area contributed by atoms with Crippen LogP contribution in [0.25, 0.3) is 10.8 Å². The number of fused-ring (bicyclic) bond motifs is 1. The summed E-state index contributed by atoms with van der Waals surface area (Å²) in [6.45, 7) is 2.98. The van der Waals surface area contributed by atoms with Crippen LogP contribution in [-0.4, -0.2) is 26.7 Å². The zero-order valence-electron chi connectivity index (χ0n) is 11.0. The Kier molecular flexibility index (Phi) is 4.64. The van der Waals surface area contributed by atoms with Crippen LogP contribution in [0.4, 0.5) is 0 Å². The number of halogens is 1. The topological polar surface area (TPSA) is 33.3 Å². The second-order valence-electron chi connectivity index (χ2n) is 4.61. The van der Waals surface area contributed by atoms with E-state index in [1.165, 1.54) is 16.3 Å². The predicted molar refractivity (Wildman–Crippen MR) is 81.4 cm³/mol. The largest absolute Gasteiger partial charge is 0.496 e. The number of rotatable bonds is 2. The average Bonchev–Trinajstić information content (AvgIpc) is 2.47. The Morgan fingerprint density at radius 2 is 1.95 bits per heavy atom. The van der Waals surface area contributed by atoms with Crippen molar-refractivity contribution in [1.82, 2.24) is 10.6 Å². The number of hydrogen-bond acceptors (Lipinski definition) is 3. The SMILES string of the molecule is COc1ccc2ccccc2c1[C@H]1CNCCN1.Cl. The van der Waals surface area contributed by atoms with Crippen LogP contribution in [0.5, 0.6) is 5.75 Å². The Labute approximate surface area is 119 Å². The van der Waals surface area contributed by atoms with E-state index in [1.807, 2.05) is 0 Å². The molecular weight excluding hydrogens is 260 g/mol. The molecule has 4 heteroatoms. The van der Waals surface area contributed by atoms with Gasteiger partial charge in [0.05, 0.1) is 7.11 Å². The van der Waals surface area contributed by atoms with E-state index in [2.05, 4.69) is 47.0 Å². The maximum atomic E-state index is 5.54. The molecule has 0 amide bonds. The van der Waals surface area contributed by atoms with E-state index in [1.54, 1.807) is 7.11 Å². The van der Waals surface area contributed by atoms with Gasteiger partial charge in [0, 0.05) is 31.2 Å². The Morgan fingerprint density at radius 3 is 2.68 bits per heavy atom. The summed E-state index contributed by atoms with van der Waals surface area (Å²) in [6, 6.07) is 13.0. The van der Waals surface area contributed by atoms with Gasteiger partial charge in [-0.3, -0.25) is 0 Å². The van der Waals surface area contributed by atoms with Gasteiger partial charge < -0.3 is 15.4 Å². The van der Waals surface area contributed by atoms with Gasteiger partial charge in [0.1, 0.15) is 5.75 Å². The molecule has 0 spiro atoms. The number of nitrogens with one attached hydrogen (secondary N) is 2. The van der Waals surface area contributed by atoms with Crippen LogP contribution in [0.15, 0.2) is 36.4 Å². The third-order valence-corrected chi connectivity index (χ3v) is 3.54. The highest BCUT2D eigenvalue weighted by Crippen LogP contribution is 2.33. The van der Waals surface area contributed by atoms with Gasteiger partial charge in [-0.05, 0) is 16.8 Å². The van der Waals surface area contributed by atoms with Crippen LogP contribution in [0.2, 0.25) is 0 Å². The lowest BCUT2D eigenvalue weighted by Gasteiger charge is -2.27. The summed E-state index contributed by atoms with van der Waals surface area (Å²) in [5.74, 6) is 0.968. The van der Waals surface area contributed by atoms with Gasteiger partial charge in [0.15, 0.2) is 0 Å². The molecule has 0 unspecified atom stereocenters. The van der Waals surface area contributed by atoms with Crippen molar-refractivity contribution >= 4 is 23.2 Å².